The zero-order valence-corrected chi connectivity index (χ0v) is 14.9. The molecule has 0 aliphatic carbocycles. The lowest BCUT2D eigenvalue weighted by molar-refractivity contribution is -0.155. The van der Waals surface area contributed by atoms with Crippen LogP contribution >= 0.6 is 0 Å². The van der Waals surface area contributed by atoms with Gasteiger partial charge in [0.2, 0.25) is 5.91 Å². The van der Waals surface area contributed by atoms with Gasteiger partial charge < -0.3 is 15.0 Å². The summed E-state index contributed by atoms with van der Waals surface area (Å²) in [6, 6.07) is 13.8. The van der Waals surface area contributed by atoms with Gasteiger partial charge in [-0.15, -0.1) is 0 Å². The second-order valence-corrected chi connectivity index (χ2v) is 6.44. The molecule has 0 spiro atoms. The molecular formula is C20H19F3N2O3. The van der Waals surface area contributed by atoms with Crippen LogP contribution in [0, 0.1) is 0 Å². The lowest BCUT2D eigenvalue weighted by Gasteiger charge is -2.32. The molecule has 1 aliphatic rings. The Hall–Kier alpha value is -2.87. The first-order valence-electron chi connectivity index (χ1n) is 8.74. The maximum Gasteiger partial charge on any atom is 0.416 e. The molecule has 2 aromatic rings. The van der Waals surface area contributed by atoms with Crippen LogP contribution in [0.2, 0.25) is 0 Å². The van der Waals surface area contributed by atoms with Crippen molar-refractivity contribution in [2.24, 2.45) is 0 Å². The second-order valence-electron chi connectivity index (χ2n) is 6.44. The Morgan fingerprint density at radius 1 is 1.14 bits per heavy atom. The monoisotopic (exact) mass is 392 g/mol. The number of hydrogen-bond donors (Lipinski definition) is 1. The van der Waals surface area contributed by atoms with Gasteiger partial charge in [-0.1, -0.05) is 36.4 Å². The van der Waals surface area contributed by atoms with Gasteiger partial charge >= 0.3 is 6.18 Å². The average molecular weight is 392 g/mol. The number of carbonyl (C=O) groups is 2. The first-order chi connectivity index (χ1) is 13.3. The number of nitrogens with one attached hydrogen (secondary N) is 1. The first kappa shape index (κ1) is 19.9. The third kappa shape index (κ3) is 5.10. The van der Waals surface area contributed by atoms with Gasteiger partial charge in [0.25, 0.3) is 5.91 Å². The fraction of sp³-hybridized carbons (Fsp3) is 0.300. The summed E-state index contributed by atoms with van der Waals surface area (Å²) in [4.78, 5) is 26.4. The van der Waals surface area contributed by atoms with Crippen LogP contribution in [0.4, 0.5) is 18.9 Å². The van der Waals surface area contributed by atoms with Gasteiger partial charge in [-0.25, -0.2) is 0 Å². The predicted molar refractivity (Wildman–Crippen MR) is 96.3 cm³/mol. The van der Waals surface area contributed by atoms with Crippen molar-refractivity contribution in [1.82, 2.24) is 4.90 Å². The topological polar surface area (TPSA) is 58.6 Å². The minimum atomic E-state index is -4.50. The molecule has 1 saturated heterocycles. The van der Waals surface area contributed by atoms with Crippen LogP contribution in [-0.2, 0) is 27.0 Å². The van der Waals surface area contributed by atoms with E-state index in [0.29, 0.717) is 19.7 Å². The highest BCUT2D eigenvalue weighted by atomic mass is 19.4. The number of benzene rings is 2. The standard InChI is InChI=1S/C20H19F3N2O3/c21-20(22,23)15-7-4-8-16(11-15)24-18(26)12-17-19(27)25(9-10-28-17)13-14-5-2-1-3-6-14/h1-8,11,17H,9-10,12-13H2,(H,24,26)/t17-/m1/s1. The summed E-state index contributed by atoms with van der Waals surface area (Å²) in [6.07, 6.45) is -5.72. The summed E-state index contributed by atoms with van der Waals surface area (Å²) in [7, 11) is 0. The molecule has 8 heteroatoms. The van der Waals surface area contributed by atoms with Gasteiger partial charge in [0.15, 0.2) is 0 Å². The van der Waals surface area contributed by atoms with Crippen LogP contribution in [-0.4, -0.2) is 36.0 Å². The highest BCUT2D eigenvalue weighted by molar-refractivity contribution is 5.95. The molecule has 2 aromatic carbocycles. The number of anilines is 1. The number of ether oxygens (including phenoxy) is 1. The van der Waals surface area contributed by atoms with E-state index in [1.807, 2.05) is 30.3 Å². The van der Waals surface area contributed by atoms with E-state index >= 15 is 0 Å². The Bertz CT molecular complexity index is 840. The SMILES string of the molecule is O=C(C[C@H]1OCCN(Cc2ccccc2)C1=O)Nc1cccc(C(F)(F)F)c1. The van der Waals surface area contributed by atoms with Crippen LogP contribution < -0.4 is 5.32 Å². The minimum Gasteiger partial charge on any atom is -0.366 e. The molecule has 0 radical (unpaired) electrons. The Morgan fingerprint density at radius 2 is 1.89 bits per heavy atom. The third-order valence-corrected chi connectivity index (χ3v) is 4.33. The Balaban J connectivity index is 1.60. The number of carbonyl (C=O) groups excluding carboxylic acids is 2. The van der Waals surface area contributed by atoms with E-state index in [9.17, 15) is 22.8 Å². The molecule has 0 unspecified atom stereocenters. The molecule has 0 saturated carbocycles. The van der Waals surface area contributed by atoms with Crippen molar-refractivity contribution in [2.45, 2.75) is 25.2 Å². The van der Waals surface area contributed by atoms with Crippen molar-refractivity contribution in [2.75, 3.05) is 18.5 Å². The third-order valence-electron chi connectivity index (χ3n) is 4.33. The zero-order valence-electron chi connectivity index (χ0n) is 14.9. The van der Waals surface area contributed by atoms with E-state index in [-0.39, 0.29) is 18.0 Å². The predicted octanol–water partition coefficient (Wildman–Crippen LogP) is 3.46. The molecule has 5 nitrogen and oxygen atoms in total. The van der Waals surface area contributed by atoms with Crippen molar-refractivity contribution in [3.05, 3.63) is 65.7 Å². The maximum absolute atomic E-state index is 12.8. The minimum absolute atomic E-state index is 0.0178. The van der Waals surface area contributed by atoms with Crippen molar-refractivity contribution < 1.29 is 27.5 Å². The van der Waals surface area contributed by atoms with Gasteiger partial charge in [-0.05, 0) is 23.8 Å². The molecule has 0 bridgehead atoms. The van der Waals surface area contributed by atoms with Crippen molar-refractivity contribution in [1.29, 1.82) is 0 Å². The number of morpholine rings is 1. The molecule has 1 heterocycles. The number of hydrogen-bond acceptors (Lipinski definition) is 3. The zero-order chi connectivity index (χ0) is 20.1. The van der Waals surface area contributed by atoms with E-state index in [4.69, 9.17) is 4.74 Å². The van der Waals surface area contributed by atoms with Crippen LogP contribution in [0.5, 0.6) is 0 Å². The molecular weight excluding hydrogens is 373 g/mol. The summed E-state index contributed by atoms with van der Waals surface area (Å²) in [5.74, 6) is -0.895. The van der Waals surface area contributed by atoms with E-state index in [1.165, 1.54) is 12.1 Å². The molecule has 1 atom stereocenters. The van der Waals surface area contributed by atoms with Crippen LogP contribution in [0.3, 0.4) is 0 Å². The highest BCUT2D eigenvalue weighted by Gasteiger charge is 2.32. The summed E-state index contributed by atoms with van der Waals surface area (Å²) in [5.41, 5.74) is 0.124. The summed E-state index contributed by atoms with van der Waals surface area (Å²) in [6.45, 7) is 1.12. The van der Waals surface area contributed by atoms with Crippen LogP contribution in [0.25, 0.3) is 0 Å². The molecule has 1 fully saturated rings. The Morgan fingerprint density at radius 3 is 2.61 bits per heavy atom. The number of halogens is 3. The summed E-state index contributed by atoms with van der Waals surface area (Å²) >= 11 is 0. The van der Waals surface area contributed by atoms with Gasteiger partial charge in [0.1, 0.15) is 6.10 Å². The molecule has 148 valence electrons. The van der Waals surface area contributed by atoms with Gasteiger partial charge in [0.05, 0.1) is 18.6 Å². The van der Waals surface area contributed by atoms with Crippen molar-refractivity contribution in [3.63, 3.8) is 0 Å². The molecule has 28 heavy (non-hydrogen) atoms. The number of rotatable bonds is 5. The summed E-state index contributed by atoms with van der Waals surface area (Å²) in [5, 5.41) is 2.40. The van der Waals surface area contributed by atoms with E-state index in [2.05, 4.69) is 5.32 Å². The Kier molecular flexibility index (Phi) is 5.99. The lowest BCUT2D eigenvalue weighted by atomic mass is 10.1. The van der Waals surface area contributed by atoms with Crippen molar-refractivity contribution >= 4 is 17.5 Å². The van der Waals surface area contributed by atoms with Gasteiger partial charge in [0, 0.05) is 18.8 Å². The molecule has 3 rings (SSSR count). The molecule has 1 N–H and O–H groups in total. The van der Waals surface area contributed by atoms with Crippen LogP contribution in [0.1, 0.15) is 17.5 Å². The van der Waals surface area contributed by atoms with Gasteiger partial charge in [-0.2, -0.15) is 13.2 Å². The van der Waals surface area contributed by atoms with E-state index < -0.39 is 23.8 Å². The van der Waals surface area contributed by atoms with E-state index in [0.717, 1.165) is 17.7 Å². The average Bonchev–Trinajstić information content (AvgIpc) is 2.65. The highest BCUT2D eigenvalue weighted by Crippen LogP contribution is 2.30. The fourth-order valence-corrected chi connectivity index (χ4v) is 2.95. The van der Waals surface area contributed by atoms with Crippen molar-refractivity contribution in [3.8, 4) is 0 Å². The Labute approximate surface area is 160 Å². The largest absolute Gasteiger partial charge is 0.416 e. The molecule has 1 aliphatic heterocycles. The number of nitrogens with zero attached hydrogens (tertiary/aromatic N) is 1. The first-order valence-corrected chi connectivity index (χ1v) is 8.74. The maximum atomic E-state index is 12.8. The number of amides is 2. The fourth-order valence-electron chi connectivity index (χ4n) is 2.95. The lowest BCUT2D eigenvalue weighted by Crippen LogP contribution is -2.48. The second kappa shape index (κ2) is 8.43. The number of alkyl halides is 3. The summed E-state index contributed by atoms with van der Waals surface area (Å²) < 4.78 is 43.7. The van der Waals surface area contributed by atoms with Crippen LogP contribution in [0.15, 0.2) is 54.6 Å². The van der Waals surface area contributed by atoms with E-state index in [1.54, 1.807) is 4.90 Å². The molecule has 2 amide bonds. The quantitative estimate of drug-likeness (QED) is 0.848. The van der Waals surface area contributed by atoms with Gasteiger partial charge in [-0.3, -0.25) is 9.59 Å². The molecule has 0 aromatic heterocycles. The normalized spacial score (nSPS) is 17.5. The smallest absolute Gasteiger partial charge is 0.366 e.